The first-order valence-corrected chi connectivity index (χ1v) is 6.93. The van der Waals surface area contributed by atoms with Gasteiger partial charge in [0, 0.05) is 25.3 Å². The SMILES string of the molecule is O=C1CC(=O)N(Cc2ccc(N3CCOCC3)cc2)C1. The molecule has 106 valence electrons. The summed E-state index contributed by atoms with van der Waals surface area (Å²) in [5.74, 6) is -0.0489. The second kappa shape index (κ2) is 5.63. The zero-order valence-corrected chi connectivity index (χ0v) is 11.4. The van der Waals surface area contributed by atoms with Crippen molar-refractivity contribution in [1.82, 2.24) is 4.90 Å². The third-order valence-corrected chi connectivity index (χ3v) is 3.75. The van der Waals surface area contributed by atoms with Crippen LogP contribution < -0.4 is 4.90 Å². The Bertz CT molecular complexity index is 506. The van der Waals surface area contributed by atoms with Crippen molar-refractivity contribution in [3.8, 4) is 0 Å². The van der Waals surface area contributed by atoms with Gasteiger partial charge in [0.25, 0.3) is 0 Å². The number of ether oxygens (including phenoxy) is 1. The average molecular weight is 274 g/mol. The van der Waals surface area contributed by atoms with E-state index in [4.69, 9.17) is 4.74 Å². The summed E-state index contributed by atoms with van der Waals surface area (Å²) in [6.45, 7) is 4.15. The van der Waals surface area contributed by atoms with Gasteiger partial charge in [-0.1, -0.05) is 12.1 Å². The van der Waals surface area contributed by atoms with E-state index >= 15 is 0 Å². The summed E-state index contributed by atoms with van der Waals surface area (Å²) in [5, 5.41) is 0. The highest BCUT2D eigenvalue weighted by Gasteiger charge is 2.27. The van der Waals surface area contributed by atoms with Gasteiger partial charge < -0.3 is 14.5 Å². The normalized spacial score (nSPS) is 19.8. The van der Waals surface area contributed by atoms with Crippen LogP contribution in [-0.2, 0) is 20.9 Å². The lowest BCUT2D eigenvalue weighted by Gasteiger charge is -2.29. The predicted molar refractivity (Wildman–Crippen MR) is 74.5 cm³/mol. The fraction of sp³-hybridized carbons (Fsp3) is 0.467. The van der Waals surface area contributed by atoms with Crippen LogP contribution in [0.3, 0.4) is 0 Å². The van der Waals surface area contributed by atoms with Crippen LogP contribution in [0.4, 0.5) is 5.69 Å². The minimum Gasteiger partial charge on any atom is -0.378 e. The van der Waals surface area contributed by atoms with Gasteiger partial charge in [0.05, 0.1) is 26.2 Å². The summed E-state index contributed by atoms with van der Waals surface area (Å²) in [7, 11) is 0. The van der Waals surface area contributed by atoms with Crippen LogP contribution in [-0.4, -0.2) is 49.4 Å². The van der Waals surface area contributed by atoms with E-state index in [0.717, 1.165) is 31.9 Å². The molecule has 5 heteroatoms. The number of carbonyl (C=O) groups excluding carboxylic acids is 2. The number of hydrogen-bond acceptors (Lipinski definition) is 4. The van der Waals surface area contributed by atoms with Gasteiger partial charge in [-0.3, -0.25) is 9.59 Å². The van der Waals surface area contributed by atoms with E-state index in [1.54, 1.807) is 4.90 Å². The van der Waals surface area contributed by atoms with Crippen molar-refractivity contribution in [2.45, 2.75) is 13.0 Å². The molecule has 2 aliphatic rings. The van der Waals surface area contributed by atoms with Crippen molar-refractivity contribution in [1.29, 1.82) is 0 Å². The van der Waals surface area contributed by atoms with E-state index in [1.165, 1.54) is 5.69 Å². The third-order valence-electron chi connectivity index (χ3n) is 3.75. The molecule has 0 radical (unpaired) electrons. The molecule has 0 atom stereocenters. The molecule has 0 aromatic heterocycles. The molecule has 0 spiro atoms. The van der Waals surface area contributed by atoms with Crippen LogP contribution in [0.5, 0.6) is 0 Å². The fourth-order valence-corrected chi connectivity index (χ4v) is 2.64. The molecular weight excluding hydrogens is 256 g/mol. The molecule has 0 unspecified atom stereocenters. The minimum atomic E-state index is -0.0627. The van der Waals surface area contributed by atoms with Gasteiger partial charge >= 0.3 is 0 Å². The van der Waals surface area contributed by atoms with Gasteiger partial charge in [0.1, 0.15) is 0 Å². The molecule has 3 rings (SSSR count). The zero-order chi connectivity index (χ0) is 13.9. The number of anilines is 1. The maximum Gasteiger partial charge on any atom is 0.230 e. The van der Waals surface area contributed by atoms with Crippen LogP contribution in [0.25, 0.3) is 0 Å². The van der Waals surface area contributed by atoms with E-state index in [-0.39, 0.29) is 24.7 Å². The van der Waals surface area contributed by atoms with Crippen LogP contribution >= 0.6 is 0 Å². The Labute approximate surface area is 118 Å². The molecule has 1 amide bonds. The Hall–Kier alpha value is -1.88. The second-order valence-corrected chi connectivity index (χ2v) is 5.23. The number of benzene rings is 1. The van der Waals surface area contributed by atoms with Crippen LogP contribution in [0.2, 0.25) is 0 Å². The Morgan fingerprint density at radius 1 is 1.05 bits per heavy atom. The minimum absolute atomic E-state index is 0.0138. The molecule has 2 heterocycles. The lowest BCUT2D eigenvalue weighted by atomic mass is 10.2. The summed E-state index contributed by atoms with van der Waals surface area (Å²) in [4.78, 5) is 26.7. The maximum absolute atomic E-state index is 11.6. The number of rotatable bonds is 3. The van der Waals surface area contributed by atoms with Crippen molar-refractivity contribution >= 4 is 17.4 Å². The highest BCUT2D eigenvalue weighted by Crippen LogP contribution is 2.18. The highest BCUT2D eigenvalue weighted by atomic mass is 16.5. The van der Waals surface area contributed by atoms with E-state index in [9.17, 15) is 9.59 Å². The first-order valence-electron chi connectivity index (χ1n) is 6.93. The predicted octanol–water partition coefficient (Wildman–Crippen LogP) is 0.825. The fourth-order valence-electron chi connectivity index (χ4n) is 2.64. The van der Waals surface area contributed by atoms with E-state index in [2.05, 4.69) is 17.0 Å². The number of amides is 1. The largest absolute Gasteiger partial charge is 0.378 e. The Morgan fingerprint density at radius 2 is 1.75 bits per heavy atom. The monoisotopic (exact) mass is 274 g/mol. The highest BCUT2D eigenvalue weighted by molar-refractivity contribution is 6.05. The lowest BCUT2D eigenvalue weighted by Crippen LogP contribution is -2.36. The van der Waals surface area contributed by atoms with Gasteiger partial charge in [0.2, 0.25) is 5.91 Å². The standard InChI is InChI=1S/C15H18N2O3/c18-14-9-15(19)17(11-14)10-12-1-3-13(4-2-12)16-5-7-20-8-6-16/h1-4H,5-11H2. The average Bonchev–Trinajstić information content (AvgIpc) is 2.79. The number of nitrogens with zero attached hydrogens (tertiary/aromatic N) is 2. The Balaban J connectivity index is 1.64. The van der Waals surface area contributed by atoms with Crippen molar-refractivity contribution in [3.05, 3.63) is 29.8 Å². The van der Waals surface area contributed by atoms with Crippen LogP contribution in [0, 0.1) is 0 Å². The number of Topliss-reactive ketones (excluding diaryl/α,β-unsaturated/α-hetero) is 1. The quantitative estimate of drug-likeness (QED) is 0.766. The van der Waals surface area contributed by atoms with Crippen molar-refractivity contribution in [3.63, 3.8) is 0 Å². The molecule has 5 nitrogen and oxygen atoms in total. The van der Waals surface area contributed by atoms with Gasteiger partial charge in [-0.2, -0.15) is 0 Å². The van der Waals surface area contributed by atoms with Crippen LogP contribution in [0.15, 0.2) is 24.3 Å². The molecule has 2 fully saturated rings. The van der Waals surface area contributed by atoms with Crippen molar-refractivity contribution in [2.24, 2.45) is 0 Å². The summed E-state index contributed by atoms with van der Waals surface area (Å²) in [6.07, 6.45) is 0.0614. The molecular formula is C15H18N2O3. The van der Waals surface area contributed by atoms with Crippen molar-refractivity contribution < 1.29 is 14.3 Å². The van der Waals surface area contributed by atoms with Gasteiger partial charge in [-0.15, -0.1) is 0 Å². The Kier molecular flexibility index (Phi) is 3.69. The molecule has 1 aromatic rings. The number of morpholine rings is 1. The van der Waals surface area contributed by atoms with E-state index in [0.29, 0.717) is 6.54 Å². The topological polar surface area (TPSA) is 49.9 Å². The van der Waals surface area contributed by atoms with E-state index in [1.807, 2.05) is 12.1 Å². The van der Waals surface area contributed by atoms with Gasteiger partial charge in [-0.25, -0.2) is 0 Å². The number of carbonyl (C=O) groups is 2. The summed E-state index contributed by atoms with van der Waals surface area (Å²) < 4.78 is 5.34. The van der Waals surface area contributed by atoms with Crippen LogP contribution in [0.1, 0.15) is 12.0 Å². The molecule has 2 saturated heterocycles. The number of likely N-dealkylation sites (tertiary alicyclic amines) is 1. The first kappa shape index (κ1) is 13.1. The van der Waals surface area contributed by atoms with Crippen molar-refractivity contribution in [2.75, 3.05) is 37.7 Å². The summed E-state index contributed by atoms with van der Waals surface area (Å²) in [6, 6.07) is 8.20. The van der Waals surface area contributed by atoms with Gasteiger partial charge in [0.15, 0.2) is 5.78 Å². The molecule has 0 bridgehead atoms. The molecule has 20 heavy (non-hydrogen) atoms. The molecule has 0 saturated carbocycles. The Morgan fingerprint density at radius 3 is 2.35 bits per heavy atom. The number of hydrogen-bond donors (Lipinski definition) is 0. The van der Waals surface area contributed by atoms with E-state index < -0.39 is 0 Å². The first-order chi connectivity index (χ1) is 9.72. The molecule has 0 N–H and O–H groups in total. The summed E-state index contributed by atoms with van der Waals surface area (Å²) in [5.41, 5.74) is 2.24. The second-order valence-electron chi connectivity index (χ2n) is 5.23. The smallest absolute Gasteiger partial charge is 0.230 e. The molecule has 0 aliphatic carbocycles. The summed E-state index contributed by atoms with van der Waals surface area (Å²) >= 11 is 0. The van der Waals surface area contributed by atoms with Gasteiger partial charge in [-0.05, 0) is 17.7 Å². The third kappa shape index (κ3) is 2.82. The maximum atomic E-state index is 11.6. The lowest BCUT2D eigenvalue weighted by molar-refractivity contribution is -0.128. The zero-order valence-electron chi connectivity index (χ0n) is 11.4. The molecule has 2 aliphatic heterocycles. The number of ketones is 1. The molecule has 1 aromatic carbocycles.